The van der Waals surface area contributed by atoms with E-state index in [0.717, 1.165) is 0 Å². The molecule has 0 saturated heterocycles. The second kappa shape index (κ2) is 11.2. The van der Waals surface area contributed by atoms with E-state index in [1.807, 2.05) is 0 Å². The predicted octanol–water partition coefficient (Wildman–Crippen LogP) is 5.16. The fourth-order valence-corrected chi connectivity index (χ4v) is 1.63. The summed E-state index contributed by atoms with van der Waals surface area (Å²) in [5.74, 6) is -2.84. The molecule has 0 aromatic heterocycles. The zero-order valence-electron chi connectivity index (χ0n) is 19.9. The molecule has 0 aromatic carbocycles. The minimum atomic E-state index is -1.42. The van der Waals surface area contributed by atoms with Crippen molar-refractivity contribution in [1.29, 1.82) is 0 Å². The molecule has 0 bridgehead atoms. The molecule has 0 saturated carbocycles. The number of carbonyl (C=O) groups excluding carboxylic acids is 1. The van der Waals surface area contributed by atoms with Crippen molar-refractivity contribution in [2.24, 2.45) is 0 Å². The Balaban J connectivity index is 4.77. The van der Waals surface area contributed by atoms with Crippen LogP contribution in [0.15, 0.2) is 25.3 Å². The molecule has 0 aliphatic rings. The number of ether oxygens (including phenoxy) is 4. The van der Waals surface area contributed by atoms with Crippen molar-refractivity contribution < 1.29 is 43.3 Å². The van der Waals surface area contributed by atoms with E-state index >= 15 is 0 Å². The molecule has 0 aliphatic carbocycles. The number of hydrogen-bond acceptors (Lipinski definition) is 9. The van der Waals surface area contributed by atoms with Crippen LogP contribution in [0.5, 0.6) is 0 Å². The highest BCUT2D eigenvalue weighted by Gasteiger charge is 2.34. The predicted molar refractivity (Wildman–Crippen MR) is 110 cm³/mol. The van der Waals surface area contributed by atoms with Crippen molar-refractivity contribution in [3.8, 4) is 0 Å². The fraction of sp³-hybridized carbons (Fsp3) is 0.762. The lowest BCUT2D eigenvalue weighted by atomic mass is 10.2. The maximum Gasteiger partial charge on any atom is 0.513 e. The standard InChI is InChI=1S/C21H38O9/c1-13-15(27-29-18(3,4)5)23-20(9,10)25-17(22)26-21(11,12)24-16(14-2)28-30-19(6,7)8/h13-16H,1-2H2,3-12H3. The molecule has 0 N–H and O–H groups in total. The topological polar surface area (TPSA) is 90.9 Å². The first-order chi connectivity index (χ1) is 13.4. The molecule has 0 aromatic rings. The van der Waals surface area contributed by atoms with Crippen molar-refractivity contribution in [2.45, 2.75) is 105 Å². The average molecular weight is 435 g/mol. The Bertz CT molecular complexity index is 508. The normalized spacial score (nSPS) is 15.3. The van der Waals surface area contributed by atoms with Crippen LogP contribution in [0, 0.1) is 0 Å². The Hall–Kier alpha value is -1.49. The highest BCUT2D eigenvalue weighted by Crippen LogP contribution is 2.22. The van der Waals surface area contributed by atoms with E-state index in [4.69, 9.17) is 38.5 Å². The third kappa shape index (κ3) is 14.5. The molecule has 2 unspecified atom stereocenters. The largest absolute Gasteiger partial charge is 0.513 e. The van der Waals surface area contributed by atoms with Gasteiger partial charge in [-0.2, -0.15) is 9.78 Å². The van der Waals surface area contributed by atoms with Crippen LogP contribution in [-0.4, -0.2) is 41.5 Å². The van der Waals surface area contributed by atoms with Crippen LogP contribution in [0.4, 0.5) is 4.79 Å². The van der Waals surface area contributed by atoms with Gasteiger partial charge in [0.15, 0.2) is 0 Å². The number of hydrogen-bond donors (Lipinski definition) is 0. The molecule has 9 nitrogen and oxygen atoms in total. The summed E-state index contributed by atoms with van der Waals surface area (Å²) in [6.45, 7) is 24.1. The van der Waals surface area contributed by atoms with Crippen LogP contribution >= 0.6 is 0 Å². The fourth-order valence-electron chi connectivity index (χ4n) is 1.63. The second-order valence-corrected chi connectivity index (χ2v) is 9.28. The van der Waals surface area contributed by atoms with E-state index in [-0.39, 0.29) is 0 Å². The maximum atomic E-state index is 12.2. The van der Waals surface area contributed by atoms with Crippen LogP contribution in [0.25, 0.3) is 0 Å². The molecule has 9 heteroatoms. The molecule has 176 valence electrons. The molecule has 0 aliphatic heterocycles. The summed E-state index contributed by atoms with van der Waals surface area (Å²) >= 11 is 0. The highest BCUT2D eigenvalue weighted by atomic mass is 17.2. The smallest absolute Gasteiger partial charge is 0.402 e. The van der Waals surface area contributed by atoms with E-state index < -0.39 is 41.5 Å². The Kier molecular flexibility index (Phi) is 10.7. The minimum Gasteiger partial charge on any atom is -0.402 e. The van der Waals surface area contributed by atoms with E-state index in [9.17, 15) is 4.79 Å². The minimum absolute atomic E-state index is 0.559. The summed E-state index contributed by atoms with van der Waals surface area (Å²) in [5, 5.41) is 0. The molecule has 0 amide bonds. The lowest BCUT2D eigenvalue weighted by molar-refractivity contribution is -0.431. The Morgan fingerprint density at radius 3 is 1.20 bits per heavy atom. The van der Waals surface area contributed by atoms with Crippen molar-refractivity contribution in [1.82, 2.24) is 0 Å². The summed E-state index contributed by atoms with van der Waals surface area (Å²) in [4.78, 5) is 32.9. The van der Waals surface area contributed by atoms with Crippen molar-refractivity contribution in [3.63, 3.8) is 0 Å². The molecule has 0 rings (SSSR count). The average Bonchev–Trinajstić information content (AvgIpc) is 2.52. The Morgan fingerprint density at radius 1 is 0.667 bits per heavy atom. The van der Waals surface area contributed by atoms with Gasteiger partial charge in [-0.3, -0.25) is 0 Å². The zero-order valence-corrected chi connectivity index (χ0v) is 19.9. The maximum absolute atomic E-state index is 12.2. The van der Waals surface area contributed by atoms with Gasteiger partial charge in [0.2, 0.25) is 24.2 Å². The van der Waals surface area contributed by atoms with E-state index in [0.29, 0.717) is 0 Å². The number of rotatable bonds is 12. The molecular formula is C21H38O9. The third-order valence-electron chi connectivity index (χ3n) is 2.63. The van der Waals surface area contributed by atoms with Crippen molar-refractivity contribution >= 4 is 6.16 Å². The molecule has 2 atom stereocenters. The van der Waals surface area contributed by atoms with Gasteiger partial charge in [0.25, 0.3) is 0 Å². The van der Waals surface area contributed by atoms with Crippen LogP contribution < -0.4 is 0 Å². The zero-order chi connectivity index (χ0) is 23.8. The first kappa shape index (κ1) is 28.5. The molecular weight excluding hydrogens is 396 g/mol. The van der Waals surface area contributed by atoms with Crippen molar-refractivity contribution in [3.05, 3.63) is 25.3 Å². The molecule has 0 heterocycles. The Morgan fingerprint density at radius 2 is 0.967 bits per heavy atom. The van der Waals surface area contributed by atoms with Crippen LogP contribution in [-0.2, 0) is 38.5 Å². The number of carbonyl (C=O) groups is 1. The second-order valence-electron chi connectivity index (χ2n) is 9.28. The first-order valence-corrected chi connectivity index (χ1v) is 9.60. The van der Waals surface area contributed by atoms with Gasteiger partial charge in [-0.15, -0.1) is 0 Å². The summed E-state index contributed by atoms with van der Waals surface area (Å²) < 4.78 is 21.6. The quantitative estimate of drug-likeness (QED) is 0.136. The van der Waals surface area contributed by atoms with Crippen LogP contribution in [0.2, 0.25) is 0 Å². The van der Waals surface area contributed by atoms with Gasteiger partial charge in [0.1, 0.15) is 0 Å². The lowest BCUT2D eigenvalue weighted by Gasteiger charge is -2.32. The highest BCUT2D eigenvalue weighted by molar-refractivity contribution is 5.60. The van der Waals surface area contributed by atoms with Crippen molar-refractivity contribution in [2.75, 3.05) is 0 Å². The van der Waals surface area contributed by atoms with Gasteiger partial charge >= 0.3 is 6.16 Å². The summed E-state index contributed by atoms with van der Waals surface area (Å²) in [6.07, 6.45) is -0.287. The van der Waals surface area contributed by atoms with Gasteiger partial charge in [-0.1, -0.05) is 13.2 Å². The van der Waals surface area contributed by atoms with E-state index in [1.165, 1.54) is 39.8 Å². The third-order valence-corrected chi connectivity index (χ3v) is 2.63. The van der Waals surface area contributed by atoms with Crippen LogP contribution in [0.3, 0.4) is 0 Å². The van der Waals surface area contributed by atoms with Gasteiger partial charge in [-0.25, -0.2) is 14.6 Å². The lowest BCUT2D eigenvalue weighted by Crippen LogP contribution is -2.41. The first-order valence-electron chi connectivity index (χ1n) is 9.60. The van der Waals surface area contributed by atoms with Gasteiger partial charge in [-0.05, 0) is 53.7 Å². The van der Waals surface area contributed by atoms with Gasteiger partial charge in [0, 0.05) is 27.7 Å². The van der Waals surface area contributed by atoms with E-state index in [2.05, 4.69) is 13.2 Å². The summed E-state index contributed by atoms with van der Waals surface area (Å²) in [6, 6.07) is 0. The molecule has 30 heavy (non-hydrogen) atoms. The molecule has 0 radical (unpaired) electrons. The Labute approximate surface area is 180 Å². The molecule has 0 fully saturated rings. The summed E-state index contributed by atoms with van der Waals surface area (Å²) in [5.41, 5.74) is -1.12. The summed E-state index contributed by atoms with van der Waals surface area (Å²) in [7, 11) is 0. The van der Waals surface area contributed by atoms with E-state index in [1.54, 1.807) is 41.5 Å². The van der Waals surface area contributed by atoms with Gasteiger partial charge in [0.05, 0.1) is 11.2 Å². The van der Waals surface area contributed by atoms with Crippen LogP contribution in [0.1, 0.15) is 69.2 Å². The SMILES string of the molecule is C=CC(OOC(C)(C)C)OC(C)(C)OC(=O)OC(C)(C)OC(C=C)OOC(C)(C)C. The van der Waals surface area contributed by atoms with Gasteiger partial charge < -0.3 is 18.9 Å². The molecule has 0 spiro atoms. The monoisotopic (exact) mass is 434 g/mol.